The molecule has 0 saturated carbocycles. The molecule has 1 amide bonds. The number of nitrogens with one attached hydrogen (secondary N) is 1. The Morgan fingerprint density at radius 3 is 2.56 bits per heavy atom. The summed E-state index contributed by atoms with van der Waals surface area (Å²) in [5.74, 6) is 1.10. The molecule has 0 saturated heterocycles. The number of hydrogen-bond acceptors (Lipinski definition) is 4. The van der Waals surface area contributed by atoms with Gasteiger partial charge in [-0.15, -0.1) is 0 Å². The molecule has 6 nitrogen and oxygen atoms in total. The third-order valence-corrected chi connectivity index (χ3v) is 4.51. The molecule has 0 unspecified atom stereocenters. The average molecular weight is 386 g/mol. The van der Waals surface area contributed by atoms with Gasteiger partial charge in [0.15, 0.2) is 5.69 Å². The van der Waals surface area contributed by atoms with Gasteiger partial charge in [0.2, 0.25) is 0 Å². The first-order valence-electron chi connectivity index (χ1n) is 8.34. The smallest absolute Gasteiger partial charge is 0.272 e. The van der Waals surface area contributed by atoms with E-state index in [2.05, 4.69) is 10.4 Å². The van der Waals surface area contributed by atoms with Crippen LogP contribution in [0, 0.1) is 6.92 Å². The van der Waals surface area contributed by atoms with Gasteiger partial charge in [0.05, 0.1) is 19.9 Å². The Labute approximate surface area is 162 Å². The number of hydrogen-bond donors (Lipinski definition) is 1. The largest absolute Gasteiger partial charge is 0.497 e. The average Bonchev–Trinajstić information content (AvgIpc) is 3.08. The van der Waals surface area contributed by atoms with Crippen molar-refractivity contribution >= 4 is 17.5 Å². The van der Waals surface area contributed by atoms with Crippen molar-refractivity contribution in [3.8, 4) is 17.2 Å². The highest BCUT2D eigenvalue weighted by atomic mass is 35.5. The van der Waals surface area contributed by atoms with Gasteiger partial charge in [-0.3, -0.25) is 4.79 Å². The third-order valence-electron chi connectivity index (χ3n) is 4.16. The minimum Gasteiger partial charge on any atom is -0.497 e. The van der Waals surface area contributed by atoms with Crippen LogP contribution < -0.4 is 14.8 Å². The van der Waals surface area contributed by atoms with E-state index in [1.54, 1.807) is 43.2 Å². The van der Waals surface area contributed by atoms with Gasteiger partial charge in [0.25, 0.3) is 5.91 Å². The van der Waals surface area contributed by atoms with E-state index in [1.165, 1.54) is 0 Å². The van der Waals surface area contributed by atoms with E-state index in [9.17, 15) is 4.79 Å². The van der Waals surface area contributed by atoms with Crippen LogP contribution in [0.3, 0.4) is 0 Å². The summed E-state index contributed by atoms with van der Waals surface area (Å²) in [4.78, 5) is 12.5. The minimum atomic E-state index is -0.285. The quantitative estimate of drug-likeness (QED) is 0.701. The predicted octanol–water partition coefficient (Wildman–Crippen LogP) is 3.78. The Bertz CT molecular complexity index is 952. The molecule has 0 radical (unpaired) electrons. The molecule has 7 heteroatoms. The van der Waals surface area contributed by atoms with Crippen LogP contribution in [0.25, 0.3) is 5.69 Å². The molecule has 2 aromatic carbocycles. The standard InChI is InChI=1S/C20H20ClN3O3/c1-13-11-18(23-24(13)14-7-9-15(26-2)10-8-14)20(25)22-12-16-17(21)5-4-6-19(16)27-3/h4-11H,12H2,1-3H3,(H,22,25). The van der Waals surface area contributed by atoms with Gasteiger partial charge >= 0.3 is 0 Å². The van der Waals surface area contributed by atoms with Gasteiger partial charge in [-0.05, 0) is 49.4 Å². The van der Waals surface area contributed by atoms with Crippen molar-refractivity contribution in [3.05, 3.63) is 70.5 Å². The molecule has 3 aromatic rings. The molecule has 1 aromatic heterocycles. The summed E-state index contributed by atoms with van der Waals surface area (Å²) in [6.45, 7) is 2.14. The first-order valence-corrected chi connectivity index (χ1v) is 8.72. The van der Waals surface area contributed by atoms with Gasteiger partial charge in [-0.2, -0.15) is 5.10 Å². The second-order valence-electron chi connectivity index (χ2n) is 5.88. The highest BCUT2D eigenvalue weighted by Gasteiger charge is 2.15. The molecule has 140 valence electrons. The van der Waals surface area contributed by atoms with Crippen molar-refractivity contribution < 1.29 is 14.3 Å². The maximum absolute atomic E-state index is 12.5. The van der Waals surface area contributed by atoms with E-state index in [4.69, 9.17) is 21.1 Å². The summed E-state index contributed by atoms with van der Waals surface area (Å²) in [6, 6.07) is 14.6. The number of carbonyl (C=O) groups is 1. The molecule has 0 aliphatic heterocycles. The van der Waals surface area contributed by atoms with Crippen molar-refractivity contribution in [1.82, 2.24) is 15.1 Å². The maximum Gasteiger partial charge on any atom is 0.272 e. The van der Waals surface area contributed by atoms with Crippen LogP contribution >= 0.6 is 11.6 Å². The van der Waals surface area contributed by atoms with Crippen LogP contribution in [0.2, 0.25) is 5.02 Å². The zero-order chi connectivity index (χ0) is 19.4. The third kappa shape index (κ3) is 4.06. The van der Waals surface area contributed by atoms with E-state index < -0.39 is 0 Å². The molecule has 3 rings (SSSR count). The molecule has 0 spiro atoms. The van der Waals surface area contributed by atoms with Crippen molar-refractivity contribution in [2.45, 2.75) is 13.5 Å². The molecule has 1 N–H and O–H groups in total. The van der Waals surface area contributed by atoms with Crippen molar-refractivity contribution in [2.75, 3.05) is 14.2 Å². The number of rotatable bonds is 6. The van der Waals surface area contributed by atoms with Crippen LogP contribution in [0.5, 0.6) is 11.5 Å². The van der Waals surface area contributed by atoms with Gasteiger partial charge in [0.1, 0.15) is 11.5 Å². The van der Waals surface area contributed by atoms with Gasteiger partial charge in [0, 0.05) is 22.8 Å². The molecule has 0 atom stereocenters. The highest BCUT2D eigenvalue weighted by Crippen LogP contribution is 2.26. The van der Waals surface area contributed by atoms with Crippen LogP contribution in [0.4, 0.5) is 0 Å². The second-order valence-corrected chi connectivity index (χ2v) is 6.29. The number of carbonyl (C=O) groups excluding carboxylic acids is 1. The number of benzene rings is 2. The van der Waals surface area contributed by atoms with Gasteiger partial charge < -0.3 is 14.8 Å². The molecule has 27 heavy (non-hydrogen) atoms. The summed E-state index contributed by atoms with van der Waals surface area (Å²) in [5, 5.41) is 7.79. The molecular formula is C20H20ClN3O3. The fourth-order valence-corrected chi connectivity index (χ4v) is 2.96. The number of amides is 1. The zero-order valence-corrected chi connectivity index (χ0v) is 16.1. The van der Waals surface area contributed by atoms with Crippen LogP contribution in [0.15, 0.2) is 48.5 Å². The van der Waals surface area contributed by atoms with Crippen LogP contribution in [0.1, 0.15) is 21.7 Å². The molecular weight excluding hydrogens is 366 g/mol. The Hall–Kier alpha value is -2.99. The van der Waals surface area contributed by atoms with E-state index >= 15 is 0 Å². The topological polar surface area (TPSA) is 65.4 Å². The van der Waals surface area contributed by atoms with E-state index in [1.807, 2.05) is 31.2 Å². The Morgan fingerprint density at radius 1 is 1.15 bits per heavy atom. The summed E-state index contributed by atoms with van der Waals surface area (Å²) in [6.07, 6.45) is 0. The molecule has 0 fully saturated rings. The van der Waals surface area contributed by atoms with E-state index in [-0.39, 0.29) is 12.5 Å². The fourth-order valence-electron chi connectivity index (χ4n) is 2.73. The maximum atomic E-state index is 12.5. The molecule has 0 aliphatic carbocycles. The van der Waals surface area contributed by atoms with Gasteiger partial charge in [-0.25, -0.2) is 4.68 Å². The van der Waals surface area contributed by atoms with Gasteiger partial charge in [-0.1, -0.05) is 17.7 Å². The summed E-state index contributed by atoms with van der Waals surface area (Å²) in [5.41, 5.74) is 2.75. The normalized spacial score (nSPS) is 10.5. The lowest BCUT2D eigenvalue weighted by Crippen LogP contribution is -2.24. The number of halogens is 1. The number of methoxy groups -OCH3 is 2. The van der Waals surface area contributed by atoms with E-state index in [0.29, 0.717) is 16.5 Å². The van der Waals surface area contributed by atoms with Crippen molar-refractivity contribution in [2.24, 2.45) is 0 Å². The molecule has 0 aliphatic rings. The lowest BCUT2D eigenvalue weighted by Gasteiger charge is -2.10. The molecule has 0 bridgehead atoms. The van der Waals surface area contributed by atoms with Crippen LogP contribution in [-0.4, -0.2) is 29.9 Å². The number of aromatic nitrogens is 2. The molecule has 1 heterocycles. The number of ether oxygens (including phenoxy) is 2. The fraction of sp³-hybridized carbons (Fsp3) is 0.200. The minimum absolute atomic E-state index is 0.246. The summed E-state index contributed by atoms with van der Waals surface area (Å²) in [7, 11) is 3.18. The number of aryl methyl sites for hydroxylation is 1. The first-order chi connectivity index (χ1) is 13.0. The van der Waals surface area contributed by atoms with Crippen molar-refractivity contribution in [1.29, 1.82) is 0 Å². The number of nitrogens with zero attached hydrogens (tertiary/aromatic N) is 2. The highest BCUT2D eigenvalue weighted by molar-refractivity contribution is 6.31. The Morgan fingerprint density at radius 2 is 1.89 bits per heavy atom. The Balaban J connectivity index is 1.76. The SMILES string of the molecule is COc1ccc(-n2nc(C(=O)NCc3c(Cl)cccc3OC)cc2C)cc1. The van der Waals surface area contributed by atoms with Crippen LogP contribution in [-0.2, 0) is 6.54 Å². The lowest BCUT2D eigenvalue weighted by molar-refractivity contribution is 0.0945. The Kier molecular flexibility index (Phi) is 5.66. The monoisotopic (exact) mass is 385 g/mol. The van der Waals surface area contributed by atoms with E-state index in [0.717, 1.165) is 22.7 Å². The zero-order valence-electron chi connectivity index (χ0n) is 15.3. The van der Waals surface area contributed by atoms with Crippen molar-refractivity contribution in [3.63, 3.8) is 0 Å². The second kappa shape index (κ2) is 8.14. The lowest BCUT2D eigenvalue weighted by atomic mass is 10.2. The summed E-state index contributed by atoms with van der Waals surface area (Å²) >= 11 is 6.21. The summed E-state index contributed by atoms with van der Waals surface area (Å²) < 4.78 is 12.2. The first kappa shape index (κ1) is 18.8. The predicted molar refractivity (Wildman–Crippen MR) is 104 cm³/mol.